The summed E-state index contributed by atoms with van der Waals surface area (Å²) in [6, 6.07) is 14.1. The topological polar surface area (TPSA) is 124 Å². The van der Waals surface area contributed by atoms with Crippen LogP contribution in [-0.4, -0.2) is 32.6 Å². The van der Waals surface area contributed by atoms with Gasteiger partial charge < -0.3 is 15.9 Å². The molecule has 0 bridgehead atoms. The highest BCUT2D eigenvalue weighted by Gasteiger charge is 2.14. The molecular weight excluding hydrogens is 404 g/mol. The number of anilines is 1. The number of hydrogen-bond acceptors (Lipinski definition) is 7. The van der Waals surface area contributed by atoms with E-state index in [4.69, 9.17) is 10.6 Å². The van der Waals surface area contributed by atoms with Gasteiger partial charge in [-0.2, -0.15) is 0 Å². The molecule has 1 heterocycles. The fourth-order valence-electron chi connectivity index (χ4n) is 2.64. The second-order valence-corrected chi connectivity index (χ2v) is 7.48. The van der Waals surface area contributed by atoms with Crippen molar-refractivity contribution in [2.45, 2.75) is 25.6 Å². The van der Waals surface area contributed by atoms with E-state index in [1.807, 2.05) is 32.0 Å². The smallest absolute Gasteiger partial charge is 0.325 e. The second-order valence-electron chi connectivity index (χ2n) is 6.54. The Bertz CT molecular complexity index is 1020. The Morgan fingerprint density at radius 1 is 1.10 bits per heavy atom. The summed E-state index contributed by atoms with van der Waals surface area (Å²) in [6.45, 7) is 4.12. The van der Waals surface area contributed by atoms with Crippen molar-refractivity contribution in [3.8, 4) is 5.75 Å². The minimum absolute atomic E-state index is 0.0462. The number of amides is 3. The van der Waals surface area contributed by atoms with Gasteiger partial charge in [-0.3, -0.25) is 10.1 Å². The molecule has 30 heavy (non-hydrogen) atoms. The summed E-state index contributed by atoms with van der Waals surface area (Å²) in [5.74, 6) is 6.60. The summed E-state index contributed by atoms with van der Waals surface area (Å²) in [7, 11) is 0. The zero-order valence-electron chi connectivity index (χ0n) is 16.6. The molecule has 0 saturated heterocycles. The number of nitrogens with two attached hydrogens (primary N) is 1. The molecule has 0 unspecified atom stereocenters. The van der Waals surface area contributed by atoms with Crippen LogP contribution in [-0.2, 0) is 11.4 Å². The number of nitrogen functional groups attached to an aromatic ring is 1. The van der Waals surface area contributed by atoms with E-state index in [9.17, 15) is 9.59 Å². The third kappa shape index (κ3) is 5.98. The Labute approximate surface area is 178 Å². The van der Waals surface area contributed by atoms with Gasteiger partial charge in [0.15, 0.2) is 5.82 Å². The number of ether oxygens (including phenoxy) is 1. The first-order valence-electron chi connectivity index (χ1n) is 9.10. The number of carbonyl (C=O) groups excluding carboxylic acids is 2. The number of nitrogens with zero attached hydrogens (tertiary/aromatic N) is 3. The second kappa shape index (κ2) is 9.79. The van der Waals surface area contributed by atoms with Gasteiger partial charge in [0.25, 0.3) is 0 Å². The van der Waals surface area contributed by atoms with E-state index in [0.717, 1.165) is 22.9 Å². The van der Waals surface area contributed by atoms with Crippen molar-refractivity contribution in [2.75, 3.05) is 16.9 Å². The molecule has 3 amide bonds. The van der Waals surface area contributed by atoms with Crippen LogP contribution in [0.5, 0.6) is 5.75 Å². The minimum Gasteiger partial charge on any atom is -0.486 e. The molecule has 1 aromatic heterocycles. The number of urea groups is 1. The lowest BCUT2D eigenvalue weighted by molar-refractivity contribution is -0.117. The van der Waals surface area contributed by atoms with Crippen molar-refractivity contribution in [3.05, 3.63) is 65.5 Å². The van der Waals surface area contributed by atoms with Crippen LogP contribution in [0.25, 0.3) is 0 Å². The van der Waals surface area contributed by atoms with E-state index in [0.29, 0.717) is 22.4 Å². The SMILES string of the molecule is Cc1cc(C)cc(OCc2nnc(SCC(=O)NC(=O)Nc3ccccc3)n2N)c1. The van der Waals surface area contributed by atoms with Gasteiger partial charge in [0.2, 0.25) is 11.1 Å². The molecule has 0 spiro atoms. The van der Waals surface area contributed by atoms with Gasteiger partial charge in [-0.05, 0) is 49.2 Å². The molecular formula is C20H22N6O3S. The standard InChI is InChI=1S/C20H22N6O3S/c1-13-8-14(2)10-16(9-13)29-11-17-24-25-20(26(17)21)30-12-18(27)23-19(28)22-15-6-4-3-5-7-15/h3-10H,11-12,21H2,1-2H3,(H2,22,23,27,28). The highest BCUT2D eigenvalue weighted by Crippen LogP contribution is 2.19. The third-order valence-electron chi connectivity index (χ3n) is 3.92. The number of aryl methyl sites for hydroxylation is 2. The van der Waals surface area contributed by atoms with Gasteiger partial charge >= 0.3 is 6.03 Å². The van der Waals surface area contributed by atoms with Crippen LogP contribution in [0.2, 0.25) is 0 Å². The lowest BCUT2D eigenvalue weighted by atomic mass is 10.1. The van der Waals surface area contributed by atoms with Crippen LogP contribution in [0.4, 0.5) is 10.5 Å². The Morgan fingerprint density at radius 2 is 1.80 bits per heavy atom. The molecule has 0 fully saturated rings. The number of rotatable bonds is 7. The molecule has 10 heteroatoms. The minimum atomic E-state index is -0.608. The Balaban J connectivity index is 1.48. The summed E-state index contributed by atoms with van der Waals surface area (Å²) >= 11 is 1.07. The van der Waals surface area contributed by atoms with Crippen LogP contribution in [0.3, 0.4) is 0 Å². The van der Waals surface area contributed by atoms with Crippen molar-refractivity contribution in [2.24, 2.45) is 0 Å². The summed E-state index contributed by atoms with van der Waals surface area (Å²) < 4.78 is 7.01. The van der Waals surface area contributed by atoms with E-state index in [-0.39, 0.29) is 12.4 Å². The number of nitrogens with one attached hydrogen (secondary N) is 2. The summed E-state index contributed by atoms with van der Waals surface area (Å²) in [6.07, 6.45) is 0. The summed E-state index contributed by atoms with van der Waals surface area (Å²) in [4.78, 5) is 23.8. The van der Waals surface area contributed by atoms with Crippen LogP contribution >= 0.6 is 11.8 Å². The predicted molar refractivity (Wildman–Crippen MR) is 115 cm³/mol. The van der Waals surface area contributed by atoms with Crippen molar-refractivity contribution < 1.29 is 14.3 Å². The van der Waals surface area contributed by atoms with Gasteiger partial charge in [0.05, 0.1) is 5.75 Å². The average Bonchev–Trinajstić information content (AvgIpc) is 3.04. The maximum atomic E-state index is 12.0. The number of imide groups is 1. The number of hydrogen-bond donors (Lipinski definition) is 3. The molecule has 0 atom stereocenters. The zero-order chi connectivity index (χ0) is 21.5. The van der Waals surface area contributed by atoms with Crippen molar-refractivity contribution >= 4 is 29.4 Å². The van der Waals surface area contributed by atoms with Crippen molar-refractivity contribution in [1.82, 2.24) is 20.2 Å². The van der Waals surface area contributed by atoms with Gasteiger partial charge in [-0.15, -0.1) is 10.2 Å². The average molecular weight is 427 g/mol. The molecule has 156 valence electrons. The summed E-state index contributed by atoms with van der Waals surface area (Å²) in [5.41, 5.74) is 2.78. The normalized spacial score (nSPS) is 10.5. The molecule has 0 aliphatic rings. The summed E-state index contributed by atoms with van der Waals surface area (Å²) in [5, 5.41) is 13.1. The van der Waals surface area contributed by atoms with Gasteiger partial charge in [0.1, 0.15) is 12.4 Å². The zero-order valence-corrected chi connectivity index (χ0v) is 17.4. The van der Waals surface area contributed by atoms with Gasteiger partial charge in [-0.1, -0.05) is 36.0 Å². The first-order chi connectivity index (χ1) is 14.4. The molecule has 0 radical (unpaired) electrons. The van der Waals surface area contributed by atoms with Crippen LogP contribution in [0.15, 0.2) is 53.7 Å². The molecule has 3 rings (SSSR count). The Morgan fingerprint density at radius 3 is 2.50 bits per heavy atom. The highest BCUT2D eigenvalue weighted by atomic mass is 32.2. The molecule has 9 nitrogen and oxygen atoms in total. The number of benzene rings is 2. The van der Waals surface area contributed by atoms with E-state index >= 15 is 0 Å². The number of carbonyl (C=O) groups is 2. The molecule has 3 aromatic rings. The molecule has 2 aromatic carbocycles. The monoisotopic (exact) mass is 426 g/mol. The van der Waals surface area contributed by atoms with Crippen LogP contribution in [0.1, 0.15) is 17.0 Å². The molecule has 4 N–H and O–H groups in total. The first-order valence-corrected chi connectivity index (χ1v) is 10.1. The third-order valence-corrected chi connectivity index (χ3v) is 4.86. The van der Waals surface area contributed by atoms with Gasteiger partial charge in [0, 0.05) is 5.69 Å². The number of para-hydroxylation sites is 1. The first kappa shape index (κ1) is 21.2. The van der Waals surface area contributed by atoms with Crippen LogP contribution in [0, 0.1) is 13.8 Å². The maximum absolute atomic E-state index is 12.0. The van der Waals surface area contributed by atoms with E-state index in [1.165, 1.54) is 4.68 Å². The maximum Gasteiger partial charge on any atom is 0.325 e. The van der Waals surface area contributed by atoms with E-state index in [1.54, 1.807) is 24.3 Å². The highest BCUT2D eigenvalue weighted by molar-refractivity contribution is 7.99. The quantitative estimate of drug-likeness (QED) is 0.392. The predicted octanol–water partition coefficient (Wildman–Crippen LogP) is 2.63. The number of aromatic nitrogens is 3. The van der Waals surface area contributed by atoms with Crippen LogP contribution < -0.4 is 21.2 Å². The lowest BCUT2D eigenvalue weighted by Crippen LogP contribution is -2.35. The van der Waals surface area contributed by atoms with E-state index < -0.39 is 11.9 Å². The Hall–Kier alpha value is -3.53. The van der Waals surface area contributed by atoms with Crippen molar-refractivity contribution in [1.29, 1.82) is 0 Å². The number of thioether (sulfide) groups is 1. The van der Waals surface area contributed by atoms with Gasteiger partial charge in [-0.25, -0.2) is 9.47 Å². The molecule has 0 aliphatic carbocycles. The molecule has 0 saturated carbocycles. The largest absolute Gasteiger partial charge is 0.486 e. The Kier molecular flexibility index (Phi) is 6.91. The molecule has 0 aliphatic heterocycles. The fourth-order valence-corrected chi connectivity index (χ4v) is 3.32. The lowest BCUT2D eigenvalue weighted by Gasteiger charge is -2.08. The van der Waals surface area contributed by atoms with E-state index in [2.05, 4.69) is 26.9 Å². The van der Waals surface area contributed by atoms with Crippen molar-refractivity contribution in [3.63, 3.8) is 0 Å². The fraction of sp³-hybridized carbons (Fsp3) is 0.200.